The third-order valence-corrected chi connectivity index (χ3v) is 3.22. The van der Waals surface area contributed by atoms with Gasteiger partial charge in [0.2, 0.25) is 0 Å². The third kappa shape index (κ3) is 4.11. The first-order valence-electron chi connectivity index (χ1n) is 6.90. The molecule has 1 heterocycles. The van der Waals surface area contributed by atoms with Crippen LogP contribution in [0.4, 0.5) is 13.2 Å². The molecule has 1 N–H and O–H groups in total. The average molecular weight is 297 g/mol. The number of hydrogen-bond donors (Lipinski definition) is 1. The molecule has 0 amide bonds. The lowest BCUT2D eigenvalue weighted by molar-refractivity contribution is -0.137. The van der Waals surface area contributed by atoms with Gasteiger partial charge in [0.25, 0.3) is 0 Å². The van der Waals surface area contributed by atoms with Crippen LogP contribution in [0.2, 0.25) is 0 Å². The molecular weight excluding hydrogens is 279 g/mol. The maximum atomic E-state index is 12.5. The highest BCUT2D eigenvalue weighted by atomic mass is 19.4. The number of benzene rings is 1. The second-order valence-corrected chi connectivity index (χ2v) is 5.00. The van der Waals surface area contributed by atoms with Crippen molar-refractivity contribution in [1.82, 2.24) is 5.32 Å². The molecular formula is C16H18F3NO. The summed E-state index contributed by atoms with van der Waals surface area (Å²) >= 11 is 0. The smallest absolute Gasteiger partial charge is 0.416 e. The molecule has 0 aliphatic carbocycles. The van der Waals surface area contributed by atoms with Crippen LogP contribution in [0, 0.1) is 0 Å². The molecule has 0 saturated carbocycles. The van der Waals surface area contributed by atoms with E-state index in [1.165, 1.54) is 12.1 Å². The van der Waals surface area contributed by atoms with Gasteiger partial charge in [-0.05, 0) is 37.7 Å². The molecule has 1 unspecified atom stereocenters. The van der Waals surface area contributed by atoms with Crippen molar-refractivity contribution in [1.29, 1.82) is 0 Å². The zero-order valence-electron chi connectivity index (χ0n) is 12.0. The van der Waals surface area contributed by atoms with E-state index in [1.807, 2.05) is 13.0 Å². The monoisotopic (exact) mass is 297 g/mol. The lowest BCUT2D eigenvalue weighted by atomic mass is 10.1. The Morgan fingerprint density at radius 1 is 1.10 bits per heavy atom. The van der Waals surface area contributed by atoms with Crippen LogP contribution in [0.5, 0.6) is 0 Å². The first-order valence-corrected chi connectivity index (χ1v) is 6.90. The fraction of sp³-hybridized carbons (Fsp3) is 0.375. The summed E-state index contributed by atoms with van der Waals surface area (Å²) in [6.45, 7) is 4.98. The molecule has 21 heavy (non-hydrogen) atoms. The number of furan rings is 1. The van der Waals surface area contributed by atoms with E-state index in [0.717, 1.165) is 30.9 Å². The number of alkyl halides is 3. The molecule has 2 rings (SSSR count). The molecule has 0 spiro atoms. The summed E-state index contributed by atoms with van der Waals surface area (Å²) in [4.78, 5) is 0. The number of rotatable bonds is 5. The van der Waals surface area contributed by atoms with Crippen molar-refractivity contribution in [3.05, 3.63) is 47.7 Å². The van der Waals surface area contributed by atoms with Crippen LogP contribution in [0.15, 0.2) is 40.8 Å². The summed E-state index contributed by atoms with van der Waals surface area (Å²) in [5, 5.41) is 3.28. The summed E-state index contributed by atoms with van der Waals surface area (Å²) < 4.78 is 43.2. The Balaban J connectivity index is 2.11. The van der Waals surface area contributed by atoms with Crippen LogP contribution in [0.25, 0.3) is 11.3 Å². The Labute approximate surface area is 122 Å². The number of hydrogen-bond acceptors (Lipinski definition) is 2. The summed E-state index contributed by atoms with van der Waals surface area (Å²) in [6.07, 6.45) is -3.57. The van der Waals surface area contributed by atoms with Gasteiger partial charge in [-0.3, -0.25) is 0 Å². The lowest BCUT2D eigenvalue weighted by Crippen LogP contribution is -2.27. The molecule has 0 aliphatic rings. The lowest BCUT2D eigenvalue weighted by Gasteiger charge is -2.09. The zero-order chi connectivity index (χ0) is 15.5. The highest BCUT2D eigenvalue weighted by Crippen LogP contribution is 2.31. The number of likely N-dealkylation sites (N-methyl/N-ethyl adjacent to an activating group) is 1. The minimum absolute atomic E-state index is 0.293. The second kappa shape index (κ2) is 6.35. The number of halogens is 3. The Bertz CT molecular complexity index is 572. The van der Waals surface area contributed by atoms with Gasteiger partial charge in [0.15, 0.2) is 0 Å². The minimum Gasteiger partial charge on any atom is -0.461 e. The van der Waals surface area contributed by atoms with Crippen molar-refractivity contribution >= 4 is 0 Å². The van der Waals surface area contributed by atoms with Crippen LogP contribution in [0.3, 0.4) is 0 Å². The minimum atomic E-state index is -4.31. The van der Waals surface area contributed by atoms with Crippen LogP contribution >= 0.6 is 0 Å². The predicted octanol–water partition coefficient (Wildman–Crippen LogP) is 4.51. The molecule has 114 valence electrons. The Morgan fingerprint density at radius 2 is 1.76 bits per heavy atom. The molecule has 5 heteroatoms. The average Bonchev–Trinajstić information content (AvgIpc) is 2.86. The van der Waals surface area contributed by atoms with Crippen LogP contribution in [0.1, 0.15) is 25.2 Å². The Kier molecular flexibility index (Phi) is 4.73. The van der Waals surface area contributed by atoms with Gasteiger partial charge in [-0.15, -0.1) is 0 Å². The number of nitrogens with one attached hydrogen (secondary N) is 1. The van der Waals surface area contributed by atoms with E-state index in [4.69, 9.17) is 4.42 Å². The van der Waals surface area contributed by atoms with Crippen molar-refractivity contribution in [2.45, 2.75) is 32.5 Å². The van der Waals surface area contributed by atoms with E-state index in [0.29, 0.717) is 17.4 Å². The van der Waals surface area contributed by atoms with E-state index < -0.39 is 11.7 Å². The van der Waals surface area contributed by atoms with E-state index in [1.54, 1.807) is 6.07 Å². The van der Waals surface area contributed by atoms with Gasteiger partial charge >= 0.3 is 6.18 Å². The van der Waals surface area contributed by atoms with Gasteiger partial charge in [-0.2, -0.15) is 13.2 Å². The standard InChI is InChI=1S/C16H18F3NO/c1-3-20-11(2)10-14-8-9-15(21-14)12-4-6-13(7-5-12)16(17,18)19/h4-9,11,20H,3,10H2,1-2H3. The van der Waals surface area contributed by atoms with E-state index in [-0.39, 0.29) is 0 Å². The molecule has 1 aromatic heterocycles. The van der Waals surface area contributed by atoms with Crippen molar-refractivity contribution in [3.63, 3.8) is 0 Å². The van der Waals surface area contributed by atoms with Gasteiger partial charge in [0.05, 0.1) is 5.56 Å². The second-order valence-electron chi connectivity index (χ2n) is 5.00. The highest BCUT2D eigenvalue weighted by molar-refractivity contribution is 5.58. The van der Waals surface area contributed by atoms with Gasteiger partial charge < -0.3 is 9.73 Å². The summed E-state index contributed by atoms with van der Waals surface area (Å²) in [7, 11) is 0. The molecule has 0 saturated heterocycles. The Morgan fingerprint density at radius 3 is 2.33 bits per heavy atom. The molecule has 0 bridgehead atoms. The van der Waals surface area contributed by atoms with Crippen LogP contribution < -0.4 is 5.32 Å². The van der Waals surface area contributed by atoms with Gasteiger partial charge in [0, 0.05) is 18.0 Å². The molecule has 2 nitrogen and oxygen atoms in total. The molecule has 0 fully saturated rings. The molecule has 1 aromatic carbocycles. The quantitative estimate of drug-likeness (QED) is 0.878. The van der Waals surface area contributed by atoms with Crippen molar-refractivity contribution in [2.24, 2.45) is 0 Å². The van der Waals surface area contributed by atoms with Crippen LogP contribution in [-0.4, -0.2) is 12.6 Å². The SMILES string of the molecule is CCNC(C)Cc1ccc(-c2ccc(C(F)(F)F)cc2)o1. The highest BCUT2D eigenvalue weighted by Gasteiger charge is 2.30. The zero-order valence-corrected chi connectivity index (χ0v) is 12.0. The summed E-state index contributed by atoms with van der Waals surface area (Å²) in [5.41, 5.74) is -0.0100. The van der Waals surface area contributed by atoms with Gasteiger partial charge in [-0.25, -0.2) is 0 Å². The molecule has 2 aromatic rings. The van der Waals surface area contributed by atoms with E-state index in [2.05, 4.69) is 12.2 Å². The topological polar surface area (TPSA) is 25.2 Å². The van der Waals surface area contributed by atoms with E-state index in [9.17, 15) is 13.2 Å². The fourth-order valence-corrected chi connectivity index (χ4v) is 2.19. The summed E-state index contributed by atoms with van der Waals surface area (Å²) in [5.74, 6) is 1.40. The third-order valence-electron chi connectivity index (χ3n) is 3.22. The maximum absolute atomic E-state index is 12.5. The van der Waals surface area contributed by atoms with Gasteiger partial charge in [-0.1, -0.05) is 19.1 Å². The summed E-state index contributed by atoms with van der Waals surface area (Å²) in [6, 6.07) is 8.94. The molecule has 0 radical (unpaired) electrons. The largest absolute Gasteiger partial charge is 0.461 e. The molecule has 1 atom stereocenters. The first kappa shape index (κ1) is 15.6. The van der Waals surface area contributed by atoms with Crippen molar-refractivity contribution in [3.8, 4) is 11.3 Å². The first-order chi connectivity index (χ1) is 9.90. The van der Waals surface area contributed by atoms with Gasteiger partial charge in [0.1, 0.15) is 11.5 Å². The van der Waals surface area contributed by atoms with Crippen molar-refractivity contribution in [2.75, 3.05) is 6.54 Å². The maximum Gasteiger partial charge on any atom is 0.416 e. The van der Waals surface area contributed by atoms with Crippen molar-refractivity contribution < 1.29 is 17.6 Å². The fourth-order valence-electron chi connectivity index (χ4n) is 2.19. The molecule has 0 aliphatic heterocycles. The Hall–Kier alpha value is -1.75. The normalized spacial score (nSPS) is 13.4. The van der Waals surface area contributed by atoms with E-state index >= 15 is 0 Å². The van der Waals surface area contributed by atoms with Crippen LogP contribution in [-0.2, 0) is 12.6 Å². The predicted molar refractivity (Wildman–Crippen MR) is 76.0 cm³/mol.